The Morgan fingerprint density at radius 3 is 2.73 bits per heavy atom. The molecule has 1 heterocycles. The molecule has 0 aromatic heterocycles. The van der Waals surface area contributed by atoms with Crippen molar-refractivity contribution in [1.82, 2.24) is 16.0 Å². The van der Waals surface area contributed by atoms with Crippen LogP contribution in [0.1, 0.15) is 40.9 Å². The third kappa shape index (κ3) is 6.07. The van der Waals surface area contributed by atoms with E-state index in [9.17, 15) is 4.79 Å². The fraction of sp³-hybridized carbons (Fsp3) is 0.417. The van der Waals surface area contributed by atoms with E-state index in [1.807, 2.05) is 30.3 Å². The molecule has 0 spiro atoms. The Balaban J connectivity index is 1.55. The van der Waals surface area contributed by atoms with E-state index < -0.39 is 0 Å². The van der Waals surface area contributed by atoms with Crippen LogP contribution in [0.5, 0.6) is 0 Å². The number of nitrogens with one attached hydrogen (secondary N) is 3. The number of nitrogens with zero attached hydrogens (tertiary/aromatic N) is 1. The van der Waals surface area contributed by atoms with Crippen LogP contribution in [0.4, 0.5) is 0 Å². The van der Waals surface area contributed by atoms with Crippen LogP contribution in [0.15, 0.2) is 59.6 Å². The van der Waals surface area contributed by atoms with Gasteiger partial charge in [0, 0.05) is 44.8 Å². The molecule has 2 atom stereocenters. The summed E-state index contributed by atoms with van der Waals surface area (Å²) in [6.07, 6.45) is 1.95. The quantitative estimate of drug-likeness (QED) is 0.464. The maximum atomic E-state index is 11.8. The molecule has 1 fully saturated rings. The molecule has 2 aromatic carbocycles. The fourth-order valence-electron chi connectivity index (χ4n) is 3.72. The van der Waals surface area contributed by atoms with Crippen molar-refractivity contribution in [3.8, 4) is 0 Å². The van der Waals surface area contributed by atoms with Gasteiger partial charge in [-0.1, -0.05) is 42.5 Å². The number of hydrogen-bond acceptors (Lipinski definition) is 3. The lowest BCUT2D eigenvalue weighted by Crippen LogP contribution is -2.38. The lowest BCUT2D eigenvalue weighted by Gasteiger charge is -2.18. The van der Waals surface area contributed by atoms with Crippen LogP contribution in [0.3, 0.4) is 0 Å². The molecule has 6 nitrogen and oxygen atoms in total. The number of ether oxygens (including phenoxy) is 1. The molecule has 160 valence electrons. The van der Waals surface area contributed by atoms with E-state index in [4.69, 9.17) is 9.73 Å². The Labute approximate surface area is 179 Å². The van der Waals surface area contributed by atoms with Gasteiger partial charge in [-0.2, -0.15) is 0 Å². The first-order chi connectivity index (χ1) is 14.7. The van der Waals surface area contributed by atoms with Crippen molar-refractivity contribution in [3.63, 3.8) is 0 Å². The number of carbonyl (C=O) groups excluding carboxylic acids is 1. The minimum atomic E-state index is -0.0635. The van der Waals surface area contributed by atoms with Crippen LogP contribution in [-0.4, -0.2) is 45.2 Å². The molecule has 3 N–H and O–H groups in total. The summed E-state index contributed by atoms with van der Waals surface area (Å²) in [6.45, 7) is 5.12. The van der Waals surface area contributed by atoms with E-state index in [1.165, 1.54) is 5.56 Å². The Morgan fingerprint density at radius 1 is 1.13 bits per heavy atom. The van der Waals surface area contributed by atoms with Gasteiger partial charge < -0.3 is 20.7 Å². The summed E-state index contributed by atoms with van der Waals surface area (Å²) in [5.41, 5.74) is 3.03. The van der Waals surface area contributed by atoms with Crippen molar-refractivity contribution in [1.29, 1.82) is 0 Å². The van der Waals surface area contributed by atoms with Crippen LogP contribution in [0, 0.1) is 5.92 Å². The molecule has 1 aliphatic rings. The Bertz CT molecular complexity index is 838. The molecule has 1 saturated heterocycles. The van der Waals surface area contributed by atoms with Gasteiger partial charge in [-0.25, -0.2) is 0 Å². The molecule has 6 heteroatoms. The predicted octanol–water partition coefficient (Wildman–Crippen LogP) is 2.92. The smallest absolute Gasteiger partial charge is 0.251 e. The summed E-state index contributed by atoms with van der Waals surface area (Å²) < 4.78 is 5.98. The van der Waals surface area contributed by atoms with E-state index in [1.54, 1.807) is 7.05 Å². The normalized spacial score (nSPS) is 18.8. The van der Waals surface area contributed by atoms with Crippen molar-refractivity contribution in [2.45, 2.75) is 25.9 Å². The molecular formula is C24H32N4O2. The highest BCUT2D eigenvalue weighted by Gasteiger charge is 2.29. The minimum absolute atomic E-state index is 0.0635. The maximum absolute atomic E-state index is 11.8. The molecule has 0 aliphatic carbocycles. The van der Waals surface area contributed by atoms with Gasteiger partial charge in [0.1, 0.15) is 0 Å². The first kappa shape index (κ1) is 21.8. The van der Waals surface area contributed by atoms with E-state index >= 15 is 0 Å². The van der Waals surface area contributed by atoms with E-state index in [-0.39, 0.29) is 12.0 Å². The van der Waals surface area contributed by atoms with Crippen molar-refractivity contribution in [3.05, 3.63) is 71.3 Å². The van der Waals surface area contributed by atoms with Gasteiger partial charge in [0.25, 0.3) is 5.91 Å². The van der Waals surface area contributed by atoms with Gasteiger partial charge in [0.05, 0.1) is 6.10 Å². The average molecular weight is 409 g/mol. The molecule has 30 heavy (non-hydrogen) atoms. The van der Waals surface area contributed by atoms with Gasteiger partial charge in [-0.05, 0) is 43.0 Å². The first-order valence-electron chi connectivity index (χ1n) is 10.7. The topological polar surface area (TPSA) is 74.8 Å². The van der Waals surface area contributed by atoms with Gasteiger partial charge in [0.15, 0.2) is 5.96 Å². The molecule has 1 aliphatic heterocycles. The van der Waals surface area contributed by atoms with E-state index in [2.05, 4.69) is 47.1 Å². The Morgan fingerprint density at radius 2 is 1.97 bits per heavy atom. The number of aliphatic imine (C=N–C) groups is 1. The summed E-state index contributed by atoms with van der Waals surface area (Å²) >= 11 is 0. The Kier molecular flexibility index (Phi) is 8.27. The molecule has 0 radical (unpaired) electrons. The number of amides is 1. The SMILES string of the molecule is CCNC(=NCC1CCOC1c1ccccc1)NCCc1cccc(C(=O)NC)c1. The number of rotatable bonds is 8. The van der Waals surface area contributed by atoms with Gasteiger partial charge in [-0.15, -0.1) is 0 Å². The second-order valence-electron chi connectivity index (χ2n) is 7.43. The van der Waals surface area contributed by atoms with Crippen LogP contribution >= 0.6 is 0 Å². The minimum Gasteiger partial charge on any atom is -0.373 e. The lowest BCUT2D eigenvalue weighted by atomic mass is 9.95. The molecule has 1 amide bonds. The van der Waals surface area contributed by atoms with Gasteiger partial charge >= 0.3 is 0 Å². The number of benzene rings is 2. The second-order valence-corrected chi connectivity index (χ2v) is 7.43. The summed E-state index contributed by atoms with van der Waals surface area (Å²) in [6, 6.07) is 18.1. The second kappa shape index (κ2) is 11.4. The summed E-state index contributed by atoms with van der Waals surface area (Å²) in [5.74, 6) is 1.14. The van der Waals surface area contributed by atoms with Crippen LogP contribution < -0.4 is 16.0 Å². The standard InChI is InChI=1S/C24H32N4O2/c1-3-26-24(27-14-12-18-8-7-11-20(16-18)23(29)25-2)28-17-21-13-15-30-22(21)19-9-5-4-6-10-19/h4-11,16,21-22H,3,12-15,17H2,1-2H3,(H,25,29)(H2,26,27,28). The highest BCUT2D eigenvalue weighted by Crippen LogP contribution is 2.34. The van der Waals surface area contributed by atoms with Crippen molar-refractivity contribution < 1.29 is 9.53 Å². The van der Waals surface area contributed by atoms with Gasteiger partial charge in [0.2, 0.25) is 0 Å². The zero-order chi connectivity index (χ0) is 21.2. The van der Waals surface area contributed by atoms with E-state index in [0.29, 0.717) is 11.5 Å². The number of hydrogen-bond donors (Lipinski definition) is 3. The fourth-order valence-corrected chi connectivity index (χ4v) is 3.72. The van der Waals surface area contributed by atoms with Crippen LogP contribution in [0.25, 0.3) is 0 Å². The highest BCUT2D eigenvalue weighted by molar-refractivity contribution is 5.94. The van der Waals surface area contributed by atoms with Gasteiger partial charge in [-0.3, -0.25) is 9.79 Å². The summed E-state index contributed by atoms with van der Waals surface area (Å²) in [4.78, 5) is 16.6. The third-order valence-electron chi connectivity index (χ3n) is 5.29. The molecule has 2 aromatic rings. The monoisotopic (exact) mass is 408 g/mol. The lowest BCUT2D eigenvalue weighted by molar-refractivity contribution is 0.0925. The Hall–Kier alpha value is -2.86. The van der Waals surface area contributed by atoms with Crippen LogP contribution in [0.2, 0.25) is 0 Å². The van der Waals surface area contributed by atoms with Crippen molar-refractivity contribution >= 4 is 11.9 Å². The van der Waals surface area contributed by atoms with Crippen LogP contribution in [-0.2, 0) is 11.2 Å². The average Bonchev–Trinajstić information content (AvgIpc) is 3.26. The molecule has 2 unspecified atom stereocenters. The third-order valence-corrected chi connectivity index (χ3v) is 5.29. The predicted molar refractivity (Wildman–Crippen MR) is 121 cm³/mol. The van der Waals surface area contributed by atoms with Crippen molar-refractivity contribution in [2.24, 2.45) is 10.9 Å². The van der Waals surface area contributed by atoms with E-state index in [0.717, 1.165) is 50.6 Å². The van der Waals surface area contributed by atoms with Crippen molar-refractivity contribution in [2.75, 3.05) is 33.3 Å². The largest absolute Gasteiger partial charge is 0.373 e. The molecule has 0 saturated carbocycles. The summed E-state index contributed by atoms with van der Waals surface area (Å²) in [7, 11) is 1.65. The molecular weight excluding hydrogens is 376 g/mol. The summed E-state index contributed by atoms with van der Waals surface area (Å²) in [5, 5.41) is 9.39. The maximum Gasteiger partial charge on any atom is 0.251 e. The molecule has 3 rings (SSSR count). The highest BCUT2D eigenvalue weighted by atomic mass is 16.5. The zero-order valence-electron chi connectivity index (χ0n) is 17.9. The first-order valence-corrected chi connectivity index (χ1v) is 10.7. The zero-order valence-corrected chi connectivity index (χ0v) is 17.9. The molecule has 0 bridgehead atoms. The number of carbonyl (C=O) groups is 1. The number of guanidine groups is 1.